The van der Waals surface area contributed by atoms with E-state index in [4.69, 9.17) is 4.42 Å². The topological polar surface area (TPSA) is 41.3 Å². The number of nitrogens with one attached hydrogen (secondary N) is 1. The van der Waals surface area contributed by atoms with Crippen LogP contribution in [0, 0.1) is 0 Å². The zero-order valence-corrected chi connectivity index (χ0v) is 11.0. The number of furan rings is 1. The van der Waals surface area contributed by atoms with Gasteiger partial charge in [0.25, 0.3) is 0 Å². The summed E-state index contributed by atoms with van der Waals surface area (Å²) in [6.07, 6.45) is 1.71. The second-order valence-corrected chi connectivity index (χ2v) is 4.96. The molecule has 92 valence electrons. The van der Waals surface area contributed by atoms with Crippen molar-refractivity contribution < 1.29 is 4.42 Å². The Kier molecular flexibility index (Phi) is 4.30. The summed E-state index contributed by atoms with van der Waals surface area (Å²) in [4.78, 5) is 6.74. The van der Waals surface area contributed by atoms with Gasteiger partial charge in [0.15, 0.2) is 0 Å². The van der Waals surface area contributed by atoms with Crippen LogP contribution in [0.2, 0.25) is 0 Å². The minimum atomic E-state index is 0.811. The number of rotatable bonds is 6. The molecule has 17 heavy (non-hydrogen) atoms. The zero-order chi connectivity index (χ0) is 12.1. The van der Waals surface area contributed by atoms with Crippen LogP contribution in [0.5, 0.6) is 0 Å². The van der Waals surface area contributed by atoms with Crippen molar-refractivity contribution >= 4 is 11.3 Å². The molecule has 2 rings (SSSR count). The zero-order valence-electron chi connectivity index (χ0n) is 10.1. The third-order valence-corrected chi connectivity index (χ3v) is 3.26. The van der Waals surface area contributed by atoms with Gasteiger partial charge in [-0.3, -0.25) is 4.90 Å². The van der Waals surface area contributed by atoms with Gasteiger partial charge in [-0.1, -0.05) is 0 Å². The molecule has 0 fully saturated rings. The van der Waals surface area contributed by atoms with Gasteiger partial charge in [-0.2, -0.15) is 0 Å². The molecular formula is C12H17N3OS. The number of hydrogen-bond donors (Lipinski definition) is 1. The van der Waals surface area contributed by atoms with E-state index >= 15 is 0 Å². The lowest BCUT2D eigenvalue weighted by molar-refractivity contribution is 0.285. The normalized spacial score (nSPS) is 11.2. The van der Waals surface area contributed by atoms with Crippen LogP contribution in [0.15, 0.2) is 28.2 Å². The molecule has 1 N–H and O–H groups in total. The molecule has 2 aromatic heterocycles. The predicted molar refractivity (Wildman–Crippen MR) is 68.8 cm³/mol. The second kappa shape index (κ2) is 5.95. The fourth-order valence-electron chi connectivity index (χ4n) is 1.65. The maximum absolute atomic E-state index is 5.32. The highest BCUT2D eigenvalue weighted by molar-refractivity contribution is 7.09. The number of thiazole rings is 1. The Morgan fingerprint density at radius 3 is 3.06 bits per heavy atom. The Morgan fingerprint density at radius 1 is 1.47 bits per heavy atom. The summed E-state index contributed by atoms with van der Waals surface area (Å²) in [7, 11) is 4.00. The average Bonchev–Trinajstić information content (AvgIpc) is 2.91. The highest BCUT2D eigenvalue weighted by atomic mass is 32.1. The number of hydrogen-bond acceptors (Lipinski definition) is 5. The quantitative estimate of drug-likeness (QED) is 0.853. The summed E-state index contributed by atoms with van der Waals surface area (Å²) >= 11 is 1.70. The average molecular weight is 251 g/mol. The number of aromatic nitrogens is 1. The maximum atomic E-state index is 5.32. The summed E-state index contributed by atoms with van der Waals surface area (Å²) in [6, 6.07) is 3.90. The van der Waals surface area contributed by atoms with Crippen molar-refractivity contribution in [1.29, 1.82) is 0 Å². The molecule has 0 aromatic carbocycles. The van der Waals surface area contributed by atoms with Gasteiger partial charge in [-0.15, -0.1) is 11.3 Å². The van der Waals surface area contributed by atoms with Gasteiger partial charge in [0.2, 0.25) is 0 Å². The molecule has 0 amide bonds. The molecular weight excluding hydrogens is 234 g/mol. The first-order valence-corrected chi connectivity index (χ1v) is 6.44. The lowest BCUT2D eigenvalue weighted by atomic mass is 10.4. The lowest BCUT2D eigenvalue weighted by Crippen LogP contribution is -2.17. The molecule has 0 bridgehead atoms. The van der Waals surface area contributed by atoms with Gasteiger partial charge in [-0.05, 0) is 26.2 Å². The van der Waals surface area contributed by atoms with Gasteiger partial charge in [0.05, 0.1) is 18.5 Å². The first-order chi connectivity index (χ1) is 8.28. The van der Waals surface area contributed by atoms with E-state index in [9.17, 15) is 0 Å². The van der Waals surface area contributed by atoms with E-state index in [1.165, 1.54) is 0 Å². The van der Waals surface area contributed by atoms with Crippen molar-refractivity contribution in [3.05, 3.63) is 40.2 Å². The molecule has 0 atom stereocenters. The van der Waals surface area contributed by atoms with E-state index in [2.05, 4.69) is 27.6 Å². The van der Waals surface area contributed by atoms with Crippen LogP contribution in [-0.4, -0.2) is 24.0 Å². The maximum Gasteiger partial charge on any atom is 0.117 e. The van der Waals surface area contributed by atoms with E-state index in [1.54, 1.807) is 17.6 Å². The highest BCUT2D eigenvalue weighted by Crippen LogP contribution is 2.12. The van der Waals surface area contributed by atoms with Crippen LogP contribution in [0.4, 0.5) is 0 Å². The van der Waals surface area contributed by atoms with Gasteiger partial charge >= 0.3 is 0 Å². The minimum Gasteiger partial charge on any atom is -0.468 e. The van der Waals surface area contributed by atoms with Crippen LogP contribution in [0.1, 0.15) is 16.5 Å². The smallest absolute Gasteiger partial charge is 0.117 e. The largest absolute Gasteiger partial charge is 0.468 e. The molecule has 5 heteroatoms. The molecule has 0 aliphatic carbocycles. The molecule has 0 aliphatic heterocycles. The summed E-state index contributed by atoms with van der Waals surface area (Å²) in [5.41, 5.74) is 1.12. The van der Waals surface area contributed by atoms with Gasteiger partial charge in [0.1, 0.15) is 10.8 Å². The van der Waals surface area contributed by atoms with Crippen LogP contribution in [-0.2, 0) is 19.6 Å². The summed E-state index contributed by atoms with van der Waals surface area (Å²) in [5.74, 6) is 0.984. The SMILES string of the molecule is CNCc1nc(CN(C)Cc2ccco2)cs1. The molecule has 0 unspecified atom stereocenters. The summed E-state index contributed by atoms with van der Waals surface area (Å²) in [5, 5.41) is 6.36. The predicted octanol–water partition coefficient (Wildman–Crippen LogP) is 2.09. The Morgan fingerprint density at radius 2 is 2.35 bits per heavy atom. The van der Waals surface area contributed by atoms with Gasteiger partial charge in [-0.25, -0.2) is 4.98 Å². The van der Waals surface area contributed by atoms with E-state index in [-0.39, 0.29) is 0 Å². The first kappa shape index (κ1) is 12.3. The Labute approximate surface area is 105 Å². The van der Waals surface area contributed by atoms with Crippen LogP contribution in [0.3, 0.4) is 0 Å². The van der Waals surface area contributed by atoms with Crippen LogP contribution < -0.4 is 5.32 Å². The first-order valence-electron chi connectivity index (χ1n) is 5.56. The van der Waals surface area contributed by atoms with Crippen molar-refractivity contribution in [3.8, 4) is 0 Å². The highest BCUT2D eigenvalue weighted by Gasteiger charge is 2.06. The third-order valence-electron chi connectivity index (χ3n) is 2.37. The Hall–Kier alpha value is -1.17. The summed E-state index contributed by atoms with van der Waals surface area (Å²) < 4.78 is 5.32. The van der Waals surface area contributed by atoms with Crippen molar-refractivity contribution in [2.24, 2.45) is 0 Å². The molecule has 4 nitrogen and oxygen atoms in total. The molecule has 0 saturated carbocycles. The number of nitrogens with zero attached hydrogens (tertiary/aromatic N) is 2. The van der Waals surface area contributed by atoms with E-state index in [1.807, 2.05) is 19.2 Å². The van der Waals surface area contributed by atoms with E-state index in [0.717, 1.165) is 36.1 Å². The van der Waals surface area contributed by atoms with Gasteiger partial charge in [0, 0.05) is 18.5 Å². The fourth-order valence-corrected chi connectivity index (χ4v) is 2.45. The van der Waals surface area contributed by atoms with Crippen LogP contribution in [0.25, 0.3) is 0 Å². The molecule has 0 spiro atoms. The minimum absolute atomic E-state index is 0.811. The molecule has 2 heterocycles. The second-order valence-electron chi connectivity index (χ2n) is 4.01. The fraction of sp³-hybridized carbons (Fsp3) is 0.417. The monoisotopic (exact) mass is 251 g/mol. The van der Waals surface area contributed by atoms with Gasteiger partial charge < -0.3 is 9.73 Å². The van der Waals surface area contributed by atoms with Crippen LogP contribution >= 0.6 is 11.3 Å². The van der Waals surface area contributed by atoms with Crippen molar-refractivity contribution in [1.82, 2.24) is 15.2 Å². The Bertz CT molecular complexity index is 438. The third kappa shape index (κ3) is 3.66. The van der Waals surface area contributed by atoms with E-state index in [0.29, 0.717) is 0 Å². The van der Waals surface area contributed by atoms with Crippen molar-refractivity contribution in [2.45, 2.75) is 19.6 Å². The molecule has 2 aromatic rings. The summed E-state index contributed by atoms with van der Waals surface area (Å²) in [6.45, 7) is 2.50. The Balaban J connectivity index is 1.86. The van der Waals surface area contributed by atoms with Crippen molar-refractivity contribution in [2.75, 3.05) is 14.1 Å². The molecule has 0 saturated heterocycles. The van der Waals surface area contributed by atoms with E-state index < -0.39 is 0 Å². The molecule has 0 radical (unpaired) electrons. The van der Waals surface area contributed by atoms with Crippen molar-refractivity contribution in [3.63, 3.8) is 0 Å². The standard InChI is InChI=1S/C12H17N3OS/c1-13-6-12-14-10(9-17-12)7-15(2)8-11-4-3-5-16-11/h3-5,9,13H,6-8H2,1-2H3. The molecule has 0 aliphatic rings. The lowest BCUT2D eigenvalue weighted by Gasteiger charge is -2.12.